The molecule has 1 aromatic carbocycles. The number of methoxy groups -OCH3 is 2. The van der Waals surface area contributed by atoms with Crippen molar-refractivity contribution in [2.75, 3.05) is 34.0 Å². The SMILES string of the molecule is COCCOC(=O)N[C@H](COC)C(=O)NCc1ccccc1. The number of hydrogen-bond donors (Lipinski definition) is 2. The van der Waals surface area contributed by atoms with E-state index >= 15 is 0 Å². The smallest absolute Gasteiger partial charge is 0.407 e. The maximum absolute atomic E-state index is 12.1. The van der Waals surface area contributed by atoms with E-state index in [1.54, 1.807) is 0 Å². The maximum Gasteiger partial charge on any atom is 0.407 e. The zero-order valence-corrected chi connectivity index (χ0v) is 12.8. The number of benzene rings is 1. The minimum Gasteiger partial charge on any atom is -0.447 e. The van der Waals surface area contributed by atoms with Gasteiger partial charge in [-0.3, -0.25) is 4.79 Å². The molecule has 22 heavy (non-hydrogen) atoms. The van der Waals surface area contributed by atoms with E-state index in [1.807, 2.05) is 30.3 Å². The Bertz CT molecular complexity index is 453. The number of carbonyl (C=O) groups is 2. The first-order chi connectivity index (χ1) is 10.7. The van der Waals surface area contributed by atoms with Crippen molar-refractivity contribution >= 4 is 12.0 Å². The summed E-state index contributed by atoms with van der Waals surface area (Å²) in [6, 6.07) is 8.66. The third-order valence-electron chi connectivity index (χ3n) is 2.77. The average molecular weight is 310 g/mol. The van der Waals surface area contributed by atoms with Gasteiger partial charge in [0.05, 0.1) is 13.2 Å². The van der Waals surface area contributed by atoms with Gasteiger partial charge in [0.15, 0.2) is 0 Å². The van der Waals surface area contributed by atoms with Gasteiger partial charge in [-0.25, -0.2) is 4.79 Å². The molecule has 7 nitrogen and oxygen atoms in total. The Labute approximate surface area is 129 Å². The van der Waals surface area contributed by atoms with Crippen LogP contribution in [0.15, 0.2) is 30.3 Å². The lowest BCUT2D eigenvalue weighted by atomic mass is 10.2. The van der Waals surface area contributed by atoms with Crippen molar-refractivity contribution in [1.29, 1.82) is 0 Å². The van der Waals surface area contributed by atoms with Crippen LogP contribution in [-0.4, -0.2) is 52.1 Å². The van der Waals surface area contributed by atoms with Crippen molar-refractivity contribution in [3.63, 3.8) is 0 Å². The van der Waals surface area contributed by atoms with Crippen LogP contribution in [0.3, 0.4) is 0 Å². The van der Waals surface area contributed by atoms with Crippen LogP contribution in [0.4, 0.5) is 4.79 Å². The summed E-state index contributed by atoms with van der Waals surface area (Å²) in [5.41, 5.74) is 0.967. The van der Waals surface area contributed by atoms with E-state index in [0.717, 1.165) is 5.56 Å². The first-order valence-electron chi connectivity index (χ1n) is 6.90. The molecule has 1 atom stereocenters. The Morgan fingerprint density at radius 3 is 2.45 bits per heavy atom. The summed E-state index contributed by atoms with van der Waals surface area (Å²) < 4.78 is 14.6. The Kier molecular flexibility index (Phi) is 8.63. The van der Waals surface area contributed by atoms with Crippen LogP contribution in [0.5, 0.6) is 0 Å². The van der Waals surface area contributed by atoms with Gasteiger partial charge in [0.1, 0.15) is 12.6 Å². The molecule has 122 valence electrons. The summed E-state index contributed by atoms with van der Waals surface area (Å²) in [5.74, 6) is -0.339. The van der Waals surface area contributed by atoms with E-state index in [4.69, 9.17) is 14.2 Å². The molecule has 7 heteroatoms. The zero-order valence-electron chi connectivity index (χ0n) is 12.8. The van der Waals surface area contributed by atoms with E-state index in [0.29, 0.717) is 13.2 Å². The first kappa shape index (κ1) is 17.9. The van der Waals surface area contributed by atoms with Crippen molar-refractivity contribution in [2.24, 2.45) is 0 Å². The number of nitrogens with one attached hydrogen (secondary N) is 2. The van der Waals surface area contributed by atoms with Gasteiger partial charge in [0.25, 0.3) is 0 Å². The van der Waals surface area contributed by atoms with E-state index in [-0.39, 0.29) is 19.1 Å². The quantitative estimate of drug-likeness (QED) is 0.656. The molecule has 1 rings (SSSR count). The van der Waals surface area contributed by atoms with Crippen molar-refractivity contribution in [3.8, 4) is 0 Å². The predicted molar refractivity (Wildman–Crippen MR) is 80.3 cm³/mol. The number of amides is 2. The highest BCUT2D eigenvalue weighted by atomic mass is 16.6. The van der Waals surface area contributed by atoms with Gasteiger partial charge in [-0.1, -0.05) is 30.3 Å². The van der Waals surface area contributed by atoms with Crippen LogP contribution in [-0.2, 0) is 25.5 Å². The van der Waals surface area contributed by atoms with Crippen LogP contribution >= 0.6 is 0 Å². The molecular formula is C15H22N2O5. The Morgan fingerprint density at radius 1 is 1.09 bits per heavy atom. The minimum atomic E-state index is -0.816. The fourth-order valence-corrected chi connectivity index (χ4v) is 1.66. The topological polar surface area (TPSA) is 85.9 Å². The Morgan fingerprint density at radius 2 is 1.82 bits per heavy atom. The monoisotopic (exact) mass is 310 g/mol. The molecule has 0 spiro atoms. The molecule has 1 aromatic rings. The number of alkyl carbamates (subject to hydrolysis) is 1. The molecule has 0 bridgehead atoms. The average Bonchev–Trinajstić information content (AvgIpc) is 2.53. The maximum atomic E-state index is 12.1. The van der Waals surface area contributed by atoms with Gasteiger partial charge < -0.3 is 24.8 Å². The lowest BCUT2D eigenvalue weighted by molar-refractivity contribution is -0.124. The Balaban J connectivity index is 2.43. The summed E-state index contributed by atoms with van der Waals surface area (Å²) in [6.45, 7) is 0.844. The molecule has 0 saturated carbocycles. The van der Waals surface area contributed by atoms with Gasteiger partial charge in [-0.15, -0.1) is 0 Å². The van der Waals surface area contributed by atoms with Gasteiger partial charge in [-0.2, -0.15) is 0 Å². The standard InChI is InChI=1S/C15H22N2O5/c1-20-8-9-22-15(19)17-13(11-21-2)14(18)16-10-12-6-4-3-5-7-12/h3-7,13H,8-11H2,1-2H3,(H,16,18)(H,17,19)/t13-/m1/s1. The van der Waals surface area contributed by atoms with E-state index in [1.165, 1.54) is 14.2 Å². The predicted octanol–water partition coefficient (Wildman–Crippen LogP) is 0.690. The molecule has 0 heterocycles. The van der Waals surface area contributed by atoms with Crippen molar-refractivity contribution < 1.29 is 23.8 Å². The summed E-state index contributed by atoms with van der Waals surface area (Å²) >= 11 is 0. The Hall–Kier alpha value is -2.12. The molecule has 0 aromatic heterocycles. The third-order valence-corrected chi connectivity index (χ3v) is 2.77. The number of rotatable bonds is 9. The zero-order chi connectivity index (χ0) is 16.2. The molecule has 0 aliphatic heterocycles. The number of hydrogen-bond acceptors (Lipinski definition) is 5. The second kappa shape index (κ2) is 10.6. The highest BCUT2D eigenvalue weighted by Gasteiger charge is 2.21. The van der Waals surface area contributed by atoms with Crippen LogP contribution in [0.25, 0.3) is 0 Å². The van der Waals surface area contributed by atoms with Crippen molar-refractivity contribution in [2.45, 2.75) is 12.6 Å². The largest absolute Gasteiger partial charge is 0.447 e. The second-order valence-corrected chi connectivity index (χ2v) is 4.48. The van der Waals surface area contributed by atoms with Crippen LogP contribution in [0.1, 0.15) is 5.56 Å². The highest BCUT2D eigenvalue weighted by molar-refractivity contribution is 5.85. The van der Waals surface area contributed by atoms with E-state index < -0.39 is 12.1 Å². The molecule has 0 aliphatic rings. The second-order valence-electron chi connectivity index (χ2n) is 4.48. The summed E-state index contributed by atoms with van der Waals surface area (Å²) in [5, 5.41) is 5.20. The summed E-state index contributed by atoms with van der Waals surface area (Å²) in [6.07, 6.45) is -0.686. The molecule has 0 aliphatic carbocycles. The van der Waals surface area contributed by atoms with Crippen molar-refractivity contribution in [3.05, 3.63) is 35.9 Å². The van der Waals surface area contributed by atoms with Crippen molar-refractivity contribution in [1.82, 2.24) is 10.6 Å². The minimum absolute atomic E-state index is 0.0556. The number of ether oxygens (including phenoxy) is 3. The fourth-order valence-electron chi connectivity index (χ4n) is 1.66. The molecule has 0 fully saturated rings. The highest BCUT2D eigenvalue weighted by Crippen LogP contribution is 1.98. The lowest BCUT2D eigenvalue weighted by Gasteiger charge is -2.17. The van der Waals surface area contributed by atoms with Gasteiger partial charge in [0, 0.05) is 20.8 Å². The molecular weight excluding hydrogens is 288 g/mol. The van der Waals surface area contributed by atoms with E-state index in [2.05, 4.69) is 10.6 Å². The number of carbonyl (C=O) groups excluding carboxylic acids is 2. The third kappa shape index (κ3) is 7.05. The fraction of sp³-hybridized carbons (Fsp3) is 0.467. The van der Waals surface area contributed by atoms with Crippen LogP contribution in [0.2, 0.25) is 0 Å². The molecule has 0 saturated heterocycles. The molecule has 0 radical (unpaired) electrons. The normalized spacial score (nSPS) is 11.5. The van der Waals surface area contributed by atoms with E-state index in [9.17, 15) is 9.59 Å². The van der Waals surface area contributed by atoms with Gasteiger partial charge in [-0.05, 0) is 5.56 Å². The summed E-state index contributed by atoms with van der Waals surface area (Å²) in [7, 11) is 2.96. The summed E-state index contributed by atoms with van der Waals surface area (Å²) in [4.78, 5) is 23.6. The molecule has 0 unspecified atom stereocenters. The lowest BCUT2D eigenvalue weighted by Crippen LogP contribution is -2.49. The van der Waals surface area contributed by atoms with Gasteiger partial charge in [0.2, 0.25) is 5.91 Å². The van der Waals surface area contributed by atoms with Crippen LogP contribution < -0.4 is 10.6 Å². The van der Waals surface area contributed by atoms with Crippen LogP contribution in [0, 0.1) is 0 Å². The van der Waals surface area contributed by atoms with Gasteiger partial charge >= 0.3 is 6.09 Å². The molecule has 2 N–H and O–H groups in total. The first-order valence-corrected chi connectivity index (χ1v) is 6.90. The molecule has 2 amide bonds.